The Hall–Kier alpha value is -1.91. The van der Waals surface area contributed by atoms with Gasteiger partial charge in [0.05, 0.1) is 19.8 Å². The van der Waals surface area contributed by atoms with Crippen LogP contribution in [0, 0.1) is 0 Å². The number of nitrogens with zero attached hydrogens (tertiary/aromatic N) is 2. The molecule has 8 heteroatoms. The Morgan fingerprint density at radius 3 is 2.62 bits per heavy atom. The highest BCUT2D eigenvalue weighted by molar-refractivity contribution is 14.0. The van der Waals surface area contributed by atoms with E-state index >= 15 is 0 Å². The number of hydrogen-bond acceptors (Lipinski definition) is 5. The summed E-state index contributed by atoms with van der Waals surface area (Å²) >= 11 is 0. The molecule has 0 aliphatic rings. The summed E-state index contributed by atoms with van der Waals surface area (Å²) in [4.78, 5) is 8.60. The molecule has 0 amide bonds. The van der Waals surface area contributed by atoms with E-state index in [4.69, 9.17) is 19.9 Å². The van der Waals surface area contributed by atoms with Crippen LogP contribution < -0.4 is 15.8 Å². The molecule has 0 aliphatic carbocycles. The van der Waals surface area contributed by atoms with Crippen LogP contribution >= 0.6 is 24.0 Å². The fourth-order valence-electron chi connectivity index (χ4n) is 2.17. The first kappa shape index (κ1) is 22.1. The average Bonchev–Trinajstić information content (AvgIpc) is 2.63. The number of anilines is 1. The number of halogens is 1. The molecule has 2 rings (SSSR count). The van der Waals surface area contributed by atoms with Gasteiger partial charge in [-0.1, -0.05) is 24.3 Å². The largest absolute Gasteiger partial charge is 0.475 e. The fraction of sp³-hybridized carbons (Fsp3) is 0.333. The van der Waals surface area contributed by atoms with Crippen molar-refractivity contribution in [2.45, 2.75) is 13.2 Å². The van der Waals surface area contributed by atoms with Crippen molar-refractivity contribution in [3.05, 3.63) is 53.7 Å². The molecule has 0 saturated carbocycles. The van der Waals surface area contributed by atoms with Gasteiger partial charge in [-0.3, -0.25) is 0 Å². The number of para-hydroxylation sites is 1. The molecule has 0 saturated heterocycles. The van der Waals surface area contributed by atoms with Crippen LogP contribution in [0.2, 0.25) is 0 Å². The van der Waals surface area contributed by atoms with E-state index in [0.717, 1.165) is 16.8 Å². The molecule has 7 nitrogen and oxygen atoms in total. The lowest BCUT2D eigenvalue weighted by Gasteiger charge is -2.11. The molecule has 0 bridgehead atoms. The Morgan fingerprint density at radius 1 is 1.08 bits per heavy atom. The number of benzene rings is 1. The molecule has 1 aromatic heterocycles. The van der Waals surface area contributed by atoms with Crippen molar-refractivity contribution in [3.8, 4) is 5.88 Å². The minimum absolute atomic E-state index is 0. The number of hydrogen-bond donors (Lipinski definition) is 2. The number of nitrogens with two attached hydrogens (primary N) is 1. The second-order valence-electron chi connectivity index (χ2n) is 5.23. The third kappa shape index (κ3) is 7.14. The van der Waals surface area contributed by atoms with Crippen molar-refractivity contribution in [2.75, 3.05) is 32.8 Å². The number of methoxy groups -OCH3 is 2. The summed E-state index contributed by atoms with van der Waals surface area (Å²) in [5, 5.41) is 3.10. The van der Waals surface area contributed by atoms with Crippen LogP contribution in [0.4, 0.5) is 5.69 Å². The van der Waals surface area contributed by atoms with E-state index in [-0.39, 0.29) is 24.0 Å². The van der Waals surface area contributed by atoms with E-state index < -0.39 is 0 Å². The zero-order valence-corrected chi connectivity index (χ0v) is 17.3. The molecule has 0 fully saturated rings. The van der Waals surface area contributed by atoms with Crippen LogP contribution in [-0.2, 0) is 22.6 Å². The number of ether oxygens (including phenoxy) is 3. The first-order chi connectivity index (χ1) is 12.2. The van der Waals surface area contributed by atoms with Crippen molar-refractivity contribution in [1.82, 2.24) is 4.98 Å². The Kier molecular flexibility index (Phi) is 10.6. The van der Waals surface area contributed by atoms with Gasteiger partial charge >= 0.3 is 0 Å². The van der Waals surface area contributed by atoms with Gasteiger partial charge in [0.15, 0.2) is 5.96 Å². The fourth-order valence-corrected chi connectivity index (χ4v) is 2.17. The smallest absolute Gasteiger partial charge is 0.218 e. The Bertz CT molecular complexity index is 698. The summed E-state index contributed by atoms with van der Waals surface area (Å²) in [6.07, 6.45) is 1.68. The highest BCUT2D eigenvalue weighted by Gasteiger charge is 2.06. The van der Waals surface area contributed by atoms with Gasteiger partial charge < -0.3 is 25.3 Å². The highest BCUT2D eigenvalue weighted by atomic mass is 127. The molecule has 2 aromatic rings. The van der Waals surface area contributed by atoms with Gasteiger partial charge in [-0.25, -0.2) is 9.98 Å². The number of nitrogens with one attached hydrogen (secondary N) is 1. The Morgan fingerprint density at radius 2 is 1.85 bits per heavy atom. The number of aromatic nitrogens is 1. The lowest BCUT2D eigenvalue weighted by molar-refractivity contribution is 0.143. The lowest BCUT2D eigenvalue weighted by Crippen LogP contribution is -2.23. The molecule has 26 heavy (non-hydrogen) atoms. The lowest BCUT2D eigenvalue weighted by atomic mass is 10.2. The van der Waals surface area contributed by atoms with Crippen molar-refractivity contribution in [3.63, 3.8) is 0 Å². The number of pyridine rings is 1. The van der Waals surface area contributed by atoms with Crippen LogP contribution in [0.1, 0.15) is 11.1 Å². The maximum absolute atomic E-state index is 6.01. The van der Waals surface area contributed by atoms with Gasteiger partial charge in [0.1, 0.15) is 6.61 Å². The van der Waals surface area contributed by atoms with E-state index in [9.17, 15) is 0 Å². The molecule has 0 spiro atoms. The van der Waals surface area contributed by atoms with Gasteiger partial charge in [0, 0.05) is 37.2 Å². The van der Waals surface area contributed by atoms with Crippen LogP contribution in [0.5, 0.6) is 5.88 Å². The second-order valence-corrected chi connectivity index (χ2v) is 5.23. The summed E-state index contributed by atoms with van der Waals surface area (Å²) in [6, 6.07) is 11.5. The Balaban J connectivity index is 0.00000338. The van der Waals surface area contributed by atoms with E-state index in [1.807, 2.05) is 36.4 Å². The number of guanidine groups is 1. The minimum Gasteiger partial charge on any atom is -0.475 e. The quantitative estimate of drug-likeness (QED) is 0.253. The summed E-state index contributed by atoms with van der Waals surface area (Å²) < 4.78 is 15.8. The standard InChI is InChI=1S/C18H24N4O3.HI/c1-23-10-11-25-17-14(7-5-9-20-17)12-21-18(19)22-16-8-4-3-6-15(16)13-24-2;/h3-9H,10-13H2,1-2H3,(H3,19,21,22);1H. The maximum Gasteiger partial charge on any atom is 0.218 e. The second kappa shape index (κ2) is 12.4. The van der Waals surface area contributed by atoms with Crippen LogP contribution in [-0.4, -0.2) is 38.4 Å². The molecule has 0 atom stereocenters. The first-order valence-corrected chi connectivity index (χ1v) is 7.94. The molecule has 0 radical (unpaired) electrons. The molecule has 1 heterocycles. The third-order valence-corrected chi connectivity index (χ3v) is 3.38. The monoisotopic (exact) mass is 472 g/mol. The van der Waals surface area contributed by atoms with E-state index in [0.29, 0.717) is 38.2 Å². The number of rotatable bonds is 9. The Labute approximate surface area is 171 Å². The molecule has 1 aromatic carbocycles. The number of aliphatic imine (C=N–C) groups is 1. The molecule has 3 N–H and O–H groups in total. The summed E-state index contributed by atoms with van der Waals surface area (Å²) in [5.41, 5.74) is 8.74. The molecule has 0 aliphatic heterocycles. The van der Waals surface area contributed by atoms with Gasteiger partial charge in [-0.05, 0) is 12.1 Å². The zero-order chi connectivity index (χ0) is 17.9. The molecule has 142 valence electrons. The van der Waals surface area contributed by atoms with Crippen LogP contribution in [0.3, 0.4) is 0 Å². The van der Waals surface area contributed by atoms with Crippen LogP contribution in [0.15, 0.2) is 47.6 Å². The highest BCUT2D eigenvalue weighted by Crippen LogP contribution is 2.17. The molecular formula is C18H25IN4O3. The summed E-state index contributed by atoms with van der Waals surface area (Å²) in [7, 11) is 3.28. The van der Waals surface area contributed by atoms with Crippen molar-refractivity contribution in [1.29, 1.82) is 0 Å². The normalized spacial score (nSPS) is 10.9. The summed E-state index contributed by atoms with van der Waals surface area (Å²) in [6.45, 7) is 1.79. The predicted octanol–water partition coefficient (Wildman–Crippen LogP) is 2.80. The van der Waals surface area contributed by atoms with Gasteiger partial charge in [0.25, 0.3) is 0 Å². The summed E-state index contributed by atoms with van der Waals surface area (Å²) in [5.74, 6) is 0.853. The maximum atomic E-state index is 6.01. The van der Waals surface area contributed by atoms with Crippen molar-refractivity contribution >= 4 is 35.6 Å². The van der Waals surface area contributed by atoms with Crippen LogP contribution in [0.25, 0.3) is 0 Å². The molecule has 0 unspecified atom stereocenters. The molecular weight excluding hydrogens is 447 g/mol. The SMILES string of the molecule is COCCOc1ncccc1CN=C(N)Nc1ccccc1COC.I. The zero-order valence-electron chi connectivity index (χ0n) is 15.0. The minimum atomic E-state index is 0. The third-order valence-electron chi connectivity index (χ3n) is 3.38. The predicted molar refractivity (Wildman–Crippen MR) is 113 cm³/mol. The van der Waals surface area contributed by atoms with E-state index in [1.165, 1.54) is 0 Å². The average molecular weight is 472 g/mol. The van der Waals surface area contributed by atoms with Gasteiger partial charge in [0.2, 0.25) is 5.88 Å². The van der Waals surface area contributed by atoms with Gasteiger partial charge in [-0.15, -0.1) is 24.0 Å². The van der Waals surface area contributed by atoms with E-state index in [2.05, 4.69) is 15.3 Å². The van der Waals surface area contributed by atoms with Crippen molar-refractivity contribution in [2.24, 2.45) is 10.7 Å². The first-order valence-electron chi connectivity index (χ1n) is 7.94. The topological polar surface area (TPSA) is 91.0 Å². The van der Waals surface area contributed by atoms with E-state index in [1.54, 1.807) is 20.4 Å². The van der Waals surface area contributed by atoms with Crippen molar-refractivity contribution < 1.29 is 14.2 Å². The van der Waals surface area contributed by atoms with Gasteiger partial charge in [-0.2, -0.15) is 0 Å².